The average Bonchev–Trinajstić information content (AvgIpc) is 3.08. The number of aliphatic hydroxyl groups is 2. The second-order valence-electron chi connectivity index (χ2n) is 7.85. The van der Waals surface area contributed by atoms with Crippen LogP contribution in [0, 0.1) is 5.92 Å². The molecule has 9 heteroatoms. The largest absolute Gasteiger partial charge is 0.393 e. The van der Waals surface area contributed by atoms with E-state index in [0.29, 0.717) is 29.8 Å². The predicted octanol–water partition coefficient (Wildman–Crippen LogP) is 2.25. The monoisotopic (exact) mass is 397 g/mol. The number of nitrogens with one attached hydrogen (secondary N) is 1. The number of piperidine rings is 1. The van der Waals surface area contributed by atoms with Gasteiger partial charge in [0.1, 0.15) is 29.6 Å². The minimum absolute atomic E-state index is 0.117. The Morgan fingerprint density at radius 1 is 1.24 bits per heavy atom. The number of pyridine rings is 1. The lowest BCUT2D eigenvalue weighted by atomic mass is 9.97. The van der Waals surface area contributed by atoms with Crippen LogP contribution in [0.1, 0.15) is 39.1 Å². The van der Waals surface area contributed by atoms with Crippen LogP contribution in [-0.2, 0) is 6.61 Å². The molecule has 29 heavy (non-hydrogen) atoms. The maximum absolute atomic E-state index is 9.95. The quantitative estimate of drug-likeness (QED) is 0.601. The molecule has 1 saturated heterocycles. The molecular weight excluding hydrogens is 370 g/mol. The van der Waals surface area contributed by atoms with Crippen molar-refractivity contribution in [3.8, 4) is 0 Å². The standard InChI is InChI=1S/C20H27N7O2/c1-12(2)27-15-8-18(22-9-14(15)23-19(27)11-28)24-17-4-6-21-20(25-17)26-7-5-16(29)13(3)10-26/h4,6,8-9,12-13,16,28-29H,5,7,10-11H2,1-3H3,(H,21,22,24,25)/t13-,16+/m0/s1. The molecule has 0 aliphatic carbocycles. The molecule has 1 aliphatic rings. The first-order valence-corrected chi connectivity index (χ1v) is 9.97. The van der Waals surface area contributed by atoms with Gasteiger partial charge in [0.15, 0.2) is 0 Å². The second-order valence-corrected chi connectivity index (χ2v) is 7.85. The van der Waals surface area contributed by atoms with Crippen molar-refractivity contribution < 1.29 is 10.2 Å². The number of aliphatic hydroxyl groups excluding tert-OH is 2. The third-order valence-electron chi connectivity index (χ3n) is 5.35. The van der Waals surface area contributed by atoms with Gasteiger partial charge in [-0.3, -0.25) is 0 Å². The molecule has 0 saturated carbocycles. The minimum Gasteiger partial charge on any atom is -0.393 e. The average molecular weight is 397 g/mol. The van der Waals surface area contributed by atoms with Crippen molar-refractivity contribution in [2.24, 2.45) is 5.92 Å². The summed E-state index contributed by atoms with van der Waals surface area (Å²) in [7, 11) is 0. The molecule has 9 nitrogen and oxygen atoms in total. The Hall–Kier alpha value is -2.78. The van der Waals surface area contributed by atoms with Crippen LogP contribution in [0.4, 0.5) is 17.6 Å². The van der Waals surface area contributed by atoms with Gasteiger partial charge in [-0.25, -0.2) is 15.0 Å². The molecule has 4 rings (SSSR count). The third-order valence-corrected chi connectivity index (χ3v) is 5.35. The van der Waals surface area contributed by atoms with E-state index in [1.54, 1.807) is 18.5 Å². The van der Waals surface area contributed by atoms with Crippen LogP contribution in [-0.4, -0.2) is 53.9 Å². The van der Waals surface area contributed by atoms with Crippen molar-refractivity contribution in [1.82, 2.24) is 24.5 Å². The molecule has 0 bridgehead atoms. The second kappa shape index (κ2) is 7.92. The van der Waals surface area contributed by atoms with Gasteiger partial charge in [0.25, 0.3) is 0 Å². The Balaban J connectivity index is 1.59. The van der Waals surface area contributed by atoms with E-state index in [1.165, 1.54) is 0 Å². The Kier molecular flexibility index (Phi) is 5.33. The van der Waals surface area contributed by atoms with Gasteiger partial charge < -0.3 is 25.0 Å². The molecule has 0 aromatic carbocycles. The van der Waals surface area contributed by atoms with Crippen LogP contribution in [0.25, 0.3) is 11.0 Å². The molecule has 0 spiro atoms. The van der Waals surface area contributed by atoms with Gasteiger partial charge >= 0.3 is 0 Å². The first kappa shape index (κ1) is 19.5. The van der Waals surface area contributed by atoms with Crippen LogP contribution in [0.15, 0.2) is 24.5 Å². The van der Waals surface area contributed by atoms with E-state index in [2.05, 4.69) is 44.0 Å². The van der Waals surface area contributed by atoms with E-state index in [-0.39, 0.29) is 24.7 Å². The molecule has 3 N–H and O–H groups in total. The number of hydrogen-bond donors (Lipinski definition) is 3. The molecule has 4 heterocycles. The van der Waals surface area contributed by atoms with Gasteiger partial charge in [0.2, 0.25) is 5.95 Å². The predicted molar refractivity (Wildman–Crippen MR) is 111 cm³/mol. The fraction of sp³-hybridized carbons (Fsp3) is 0.500. The number of imidazole rings is 1. The molecular formula is C20H27N7O2. The Morgan fingerprint density at radius 2 is 2.07 bits per heavy atom. The Bertz CT molecular complexity index is 1000. The molecule has 154 valence electrons. The normalized spacial score (nSPS) is 19.9. The van der Waals surface area contributed by atoms with E-state index in [9.17, 15) is 10.2 Å². The summed E-state index contributed by atoms with van der Waals surface area (Å²) in [6.07, 6.45) is 3.87. The zero-order valence-electron chi connectivity index (χ0n) is 16.9. The fourth-order valence-corrected chi connectivity index (χ4v) is 3.82. The number of aromatic nitrogens is 5. The summed E-state index contributed by atoms with van der Waals surface area (Å²) in [6, 6.07) is 3.89. The van der Waals surface area contributed by atoms with Crippen LogP contribution in [0.5, 0.6) is 0 Å². The smallest absolute Gasteiger partial charge is 0.227 e. The lowest BCUT2D eigenvalue weighted by Gasteiger charge is -2.34. The maximum atomic E-state index is 9.95. The number of hydrogen-bond acceptors (Lipinski definition) is 8. The van der Waals surface area contributed by atoms with Crippen molar-refractivity contribution in [2.45, 2.75) is 45.9 Å². The van der Waals surface area contributed by atoms with Gasteiger partial charge in [0, 0.05) is 31.4 Å². The first-order valence-electron chi connectivity index (χ1n) is 9.97. The lowest BCUT2D eigenvalue weighted by molar-refractivity contribution is 0.0966. The first-order chi connectivity index (χ1) is 14.0. The number of anilines is 3. The van der Waals surface area contributed by atoms with Gasteiger partial charge in [-0.05, 0) is 32.3 Å². The zero-order chi connectivity index (χ0) is 20.5. The van der Waals surface area contributed by atoms with Gasteiger partial charge in [0.05, 0.1) is 17.8 Å². The molecule has 3 aromatic rings. The van der Waals surface area contributed by atoms with Gasteiger partial charge in [-0.2, -0.15) is 4.98 Å². The molecule has 0 radical (unpaired) electrons. The highest BCUT2D eigenvalue weighted by molar-refractivity contribution is 5.79. The van der Waals surface area contributed by atoms with E-state index < -0.39 is 0 Å². The molecule has 1 aliphatic heterocycles. The van der Waals surface area contributed by atoms with Gasteiger partial charge in [-0.1, -0.05) is 6.92 Å². The lowest BCUT2D eigenvalue weighted by Crippen LogP contribution is -2.42. The highest BCUT2D eigenvalue weighted by Crippen LogP contribution is 2.25. The Labute approximate surface area is 169 Å². The van der Waals surface area contributed by atoms with Crippen molar-refractivity contribution in [1.29, 1.82) is 0 Å². The summed E-state index contributed by atoms with van der Waals surface area (Å²) in [4.78, 5) is 20.0. The molecule has 1 fully saturated rings. The minimum atomic E-state index is -0.266. The van der Waals surface area contributed by atoms with Crippen LogP contribution in [0.2, 0.25) is 0 Å². The third kappa shape index (κ3) is 3.88. The van der Waals surface area contributed by atoms with Crippen molar-refractivity contribution in [2.75, 3.05) is 23.3 Å². The number of rotatable bonds is 5. The number of nitrogens with zero attached hydrogens (tertiary/aromatic N) is 6. The van der Waals surface area contributed by atoms with E-state index in [4.69, 9.17) is 0 Å². The summed E-state index contributed by atoms with van der Waals surface area (Å²) in [6.45, 7) is 7.50. The van der Waals surface area contributed by atoms with E-state index in [1.807, 2.05) is 17.6 Å². The summed E-state index contributed by atoms with van der Waals surface area (Å²) >= 11 is 0. The van der Waals surface area contributed by atoms with Crippen LogP contribution >= 0.6 is 0 Å². The van der Waals surface area contributed by atoms with Crippen molar-refractivity contribution in [3.05, 3.63) is 30.4 Å². The summed E-state index contributed by atoms with van der Waals surface area (Å²) in [5, 5.41) is 22.8. The zero-order valence-corrected chi connectivity index (χ0v) is 16.9. The van der Waals surface area contributed by atoms with Crippen molar-refractivity contribution in [3.63, 3.8) is 0 Å². The Morgan fingerprint density at radius 3 is 2.79 bits per heavy atom. The van der Waals surface area contributed by atoms with Crippen LogP contribution in [0.3, 0.4) is 0 Å². The number of fused-ring (bicyclic) bond motifs is 1. The SMILES string of the molecule is CC(C)n1c(CO)nc2cnc(Nc3ccnc(N4CC[C@@H](O)[C@@H](C)C4)n3)cc21. The molecule has 2 atom stereocenters. The maximum Gasteiger partial charge on any atom is 0.227 e. The summed E-state index contributed by atoms with van der Waals surface area (Å²) in [5.41, 5.74) is 1.66. The van der Waals surface area contributed by atoms with E-state index in [0.717, 1.165) is 24.1 Å². The van der Waals surface area contributed by atoms with Crippen molar-refractivity contribution >= 4 is 28.6 Å². The highest BCUT2D eigenvalue weighted by atomic mass is 16.3. The highest BCUT2D eigenvalue weighted by Gasteiger charge is 2.25. The summed E-state index contributed by atoms with van der Waals surface area (Å²) < 4.78 is 2.01. The molecule has 0 unspecified atom stereocenters. The topological polar surface area (TPSA) is 112 Å². The molecule has 0 amide bonds. The molecule has 3 aromatic heterocycles. The van der Waals surface area contributed by atoms with Gasteiger partial charge in [-0.15, -0.1) is 0 Å². The fourth-order valence-electron chi connectivity index (χ4n) is 3.82. The summed E-state index contributed by atoms with van der Waals surface area (Å²) in [5.74, 6) is 2.75. The van der Waals surface area contributed by atoms with E-state index >= 15 is 0 Å². The van der Waals surface area contributed by atoms with Crippen LogP contribution < -0.4 is 10.2 Å².